The van der Waals surface area contributed by atoms with Gasteiger partial charge in [-0.15, -0.1) is 0 Å². The van der Waals surface area contributed by atoms with E-state index in [1.807, 2.05) is 31.2 Å². The SMILES string of the molecule is Cc1cccc(Oc2nccc(C(N)=S)n2)c1. The molecule has 1 aromatic carbocycles. The molecule has 0 aliphatic heterocycles. The van der Waals surface area contributed by atoms with Gasteiger partial charge in [0.25, 0.3) is 0 Å². The minimum Gasteiger partial charge on any atom is -0.424 e. The fourth-order valence-corrected chi connectivity index (χ4v) is 1.43. The average molecular weight is 245 g/mol. The summed E-state index contributed by atoms with van der Waals surface area (Å²) in [6.45, 7) is 1.99. The largest absolute Gasteiger partial charge is 0.424 e. The van der Waals surface area contributed by atoms with Crippen LogP contribution >= 0.6 is 12.2 Å². The second-order valence-electron chi connectivity index (χ2n) is 3.51. The van der Waals surface area contributed by atoms with Crippen LogP contribution in [-0.2, 0) is 0 Å². The molecule has 0 aliphatic rings. The Kier molecular flexibility index (Phi) is 3.30. The average Bonchev–Trinajstić information content (AvgIpc) is 2.29. The smallest absolute Gasteiger partial charge is 0.322 e. The number of rotatable bonds is 3. The topological polar surface area (TPSA) is 61.0 Å². The van der Waals surface area contributed by atoms with E-state index in [9.17, 15) is 0 Å². The van der Waals surface area contributed by atoms with E-state index < -0.39 is 0 Å². The summed E-state index contributed by atoms with van der Waals surface area (Å²) in [4.78, 5) is 8.32. The zero-order valence-electron chi connectivity index (χ0n) is 9.25. The first kappa shape index (κ1) is 11.5. The third kappa shape index (κ3) is 2.98. The fourth-order valence-electron chi connectivity index (χ4n) is 1.31. The van der Waals surface area contributed by atoms with Gasteiger partial charge < -0.3 is 10.5 Å². The van der Waals surface area contributed by atoms with Crippen molar-refractivity contribution in [2.24, 2.45) is 5.73 Å². The molecule has 1 heterocycles. The van der Waals surface area contributed by atoms with Crippen LogP contribution < -0.4 is 10.5 Å². The molecule has 0 unspecified atom stereocenters. The molecule has 17 heavy (non-hydrogen) atoms. The molecule has 4 nitrogen and oxygen atoms in total. The maximum atomic E-state index is 5.51. The van der Waals surface area contributed by atoms with Gasteiger partial charge in [0, 0.05) is 6.20 Å². The number of aromatic nitrogens is 2. The highest BCUT2D eigenvalue weighted by atomic mass is 32.1. The summed E-state index contributed by atoms with van der Waals surface area (Å²) in [6, 6.07) is 9.51. The van der Waals surface area contributed by atoms with Crippen LogP contribution in [0.15, 0.2) is 36.5 Å². The van der Waals surface area contributed by atoms with Gasteiger partial charge in [-0.25, -0.2) is 4.98 Å². The molecule has 86 valence electrons. The number of hydrogen-bond acceptors (Lipinski definition) is 4. The zero-order chi connectivity index (χ0) is 12.3. The van der Waals surface area contributed by atoms with Crippen LogP contribution in [0.1, 0.15) is 11.3 Å². The Labute approximate surface area is 104 Å². The van der Waals surface area contributed by atoms with Gasteiger partial charge in [-0.2, -0.15) is 4.98 Å². The molecule has 5 heteroatoms. The lowest BCUT2D eigenvalue weighted by atomic mass is 10.2. The number of benzene rings is 1. The Balaban J connectivity index is 2.24. The number of hydrogen-bond donors (Lipinski definition) is 1. The van der Waals surface area contributed by atoms with Crippen molar-refractivity contribution in [3.63, 3.8) is 0 Å². The van der Waals surface area contributed by atoms with Gasteiger partial charge in [0.15, 0.2) is 0 Å². The van der Waals surface area contributed by atoms with Gasteiger partial charge in [0.05, 0.1) is 0 Å². The molecule has 0 atom stereocenters. The van der Waals surface area contributed by atoms with E-state index in [0.29, 0.717) is 11.4 Å². The lowest BCUT2D eigenvalue weighted by Gasteiger charge is -2.05. The lowest BCUT2D eigenvalue weighted by Crippen LogP contribution is -2.12. The van der Waals surface area contributed by atoms with Crippen molar-refractivity contribution in [3.8, 4) is 11.8 Å². The molecule has 2 rings (SSSR count). The van der Waals surface area contributed by atoms with E-state index in [0.717, 1.165) is 5.56 Å². The predicted octanol–water partition coefficient (Wildman–Crippen LogP) is 2.21. The molecule has 0 fully saturated rings. The molecule has 0 radical (unpaired) electrons. The van der Waals surface area contributed by atoms with Crippen molar-refractivity contribution < 1.29 is 4.74 Å². The Bertz CT molecular complexity index is 557. The van der Waals surface area contributed by atoms with E-state index in [2.05, 4.69) is 9.97 Å². The number of nitrogens with two attached hydrogens (primary N) is 1. The molecule has 0 saturated carbocycles. The Morgan fingerprint density at radius 3 is 2.88 bits per heavy atom. The highest BCUT2D eigenvalue weighted by Gasteiger charge is 2.03. The van der Waals surface area contributed by atoms with Gasteiger partial charge in [-0.05, 0) is 30.7 Å². The Morgan fingerprint density at radius 2 is 2.18 bits per heavy atom. The van der Waals surface area contributed by atoms with Crippen LogP contribution in [0.3, 0.4) is 0 Å². The number of nitrogens with zero attached hydrogens (tertiary/aromatic N) is 2. The van der Waals surface area contributed by atoms with Crippen molar-refractivity contribution in [1.29, 1.82) is 0 Å². The molecule has 0 bridgehead atoms. The number of ether oxygens (including phenoxy) is 1. The molecule has 0 saturated heterocycles. The molecule has 0 amide bonds. The third-order valence-corrected chi connectivity index (χ3v) is 2.29. The first-order chi connectivity index (χ1) is 8.15. The van der Waals surface area contributed by atoms with Gasteiger partial charge in [0.2, 0.25) is 0 Å². The van der Waals surface area contributed by atoms with Crippen molar-refractivity contribution in [1.82, 2.24) is 9.97 Å². The maximum absolute atomic E-state index is 5.51. The third-order valence-electron chi connectivity index (χ3n) is 2.08. The molecule has 0 spiro atoms. The standard InChI is InChI=1S/C12H11N3OS/c1-8-3-2-4-9(7-8)16-12-14-6-5-10(15-12)11(13)17/h2-7H,1H3,(H2,13,17). The minimum atomic E-state index is 0.224. The summed E-state index contributed by atoms with van der Waals surface area (Å²) >= 11 is 4.84. The second-order valence-corrected chi connectivity index (χ2v) is 3.95. The highest BCUT2D eigenvalue weighted by Crippen LogP contribution is 2.18. The van der Waals surface area contributed by atoms with Gasteiger partial charge in [-0.3, -0.25) is 0 Å². The summed E-state index contributed by atoms with van der Waals surface area (Å²) in [7, 11) is 0. The summed E-state index contributed by atoms with van der Waals surface area (Å²) < 4.78 is 5.51. The van der Waals surface area contributed by atoms with Crippen LogP contribution in [0, 0.1) is 6.92 Å². The molecule has 0 aliphatic carbocycles. The van der Waals surface area contributed by atoms with Crippen LogP contribution in [0.4, 0.5) is 0 Å². The van der Waals surface area contributed by atoms with Crippen molar-refractivity contribution in [2.45, 2.75) is 6.92 Å². The fraction of sp³-hybridized carbons (Fsp3) is 0.0833. The number of aryl methyl sites for hydroxylation is 1. The summed E-state index contributed by atoms with van der Waals surface area (Å²) in [5.74, 6) is 0.685. The molecular weight excluding hydrogens is 234 g/mol. The van der Waals surface area contributed by atoms with E-state index in [1.165, 1.54) is 0 Å². The van der Waals surface area contributed by atoms with E-state index in [-0.39, 0.29) is 11.0 Å². The lowest BCUT2D eigenvalue weighted by molar-refractivity contribution is 0.441. The molecule has 1 aromatic heterocycles. The van der Waals surface area contributed by atoms with Crippen LogP contribution in [-0.4, -0.2) is 15.0 Å². The molecular formula is C12H11N3OS. The maximum Gasteiger partial charge on any atom is 0.322 e. The molecule has 2 N–H and O–H groups in total. The van der Waals surface area contributed by atoms with Gasteiger partial charge in [-0.1, -0.05) is 24.4 Å². The first-order valence-electron chi connectivity index (χ1n) is 5.02. The highest BCUT2D eigenvalue weighted by molar-refractivity contribution is 7.80. The van der Waals surface area contributed by atoms with Crippen LogP contribution in [0.5, 0.6) is 11.8 Å². The number of thiocarbonyl (C=S) groups is 1. The summed E-state index contributed by atoms with van der Waals surface area (Å²) in [6.07, 6.45) is 1.56. The second kappa shape index (κ2) is 4.88. The van der Waals surface area contributed by atoms with Crippen molar-refractivity contribution in [3.05, 3.63) is 47.8 Å². The Morgan fingerprint density at radius 1 is 1.35 bits per heavy atom. The van der Waals surface area contributed by atoms with Crippen LogP contribution in [0.2, 0.25) is 0 Å². The summed E-state index contributed by atoms with van der Waals surface area (Å²) in [5.41, 5.74) is 7.09. The quantitative estimate of drug-likeness (QED) is 0.840. The zero-order valence-corrected chi connectivity index (χ0v) is 10.1. The first-order valence-corrected chi connectivity index (χ1v) is 5.43. The minimum absolute atomic E-state index is 0.224. The predicted molar refractivity (Wildman–Crippen MR) is 69.2 cm³/mol. The summed E-state index contributed by atoms with van der Waals surface area (Å²) in [5, 5.41) is 0. The molecule has 2 aromatic rings. The van der Waals surface area contributed by atoms with E-state index in [1.54, 1.807) is 12.3 Å². The van der Waals surface area contributed by atoms with E-state index in [4.69, 9.17) is 22.7 Å². The van der Waals surface area contributed by atoms with Crippen molar-refractivity contribution >= 4 is 17.2 Å². The Hall–Kier alpha value is -2.01. The normalized spacial score (nSPS) is 9.94. The van der Waals surface area contributed by atoms with Gasteiger partial charge in [0.1, 0.15) is 16.4 Å². The monoisotopic (exact) mass is 245 g/mol. The van der Waals surface area contributed by atoms with Gasteiger partial charge >= 0.3 is 6.01 Å². The van der Waals surface area contributed by atoms with E-state index >= 15 is 0 Å². The van der Waals surface area contributed by atoms with Crippen LogP contribution in [0.25, 0.3) is 0 Å². The van der Waals surface area contributed by atoms with Crippen molar-refractivity contribution in [2.75, 3.05) is 0 Å².